The smallest absolute Gasteiger partial charge is 0.118 e. The Hall–Kier alpha value is -0.800. The molecule has 16 heavy (non-hydrogen) atoms. The molecule has 3 nitrogen and oxygen atoms in total. The Morgan fingerprint density at radius 3 is 2.69 bits per heavy atom. The summed E-state index contributed by atoms with van der Waals surface area (Å²) in [5, 5.41) is 3.45. The number of rotatable bonds is 6. The van der Waals surface area contributed by atoms with Gasteiger partial charge in [-0.05, 0) is 45.9 Å². The molecular weight excluding hydrogens is 200 g/mol. The summed E-state index contributed by atoms with van der Waals surface area (Å²) in [6, 6.07) is 5.46. The van der Waals surface area contributed by atoms with E-state index in [1.807, 2.05) is 0 Å². The van der Waals surface area contributed by atoms with Gasteiger partial charge in [-0.1, -0.05) is 0 Å². The Morgan fingerprint density at radius 1 is 1.38 bits per heavy atom. The van der Waals surface area contributed by atoms with Crippen molar-refractivity contribution in [3.63, 3.8) is 0 Å². The molecule has 0 saturated heterocycles. The maximum Gasteiger partial charge on any atom is 0.118 e. The van der Waals surface area contributed by atoms with E-state index in [1.165, 1.54) is 12.8 Å². The first-order chi connectivity index (χ1) is 7.65. The van der Waals surface area contributed by atoms with Crippen LogP contribution < -0.4 is 5.32 Å². The van der Waals surface area contributed by atoms with Gasteiger partial charge in [0, 0.05) is 12.1 Å². The minimum Gasteiger partial charge on any atom is -0.463 e. The molecule has 0 aliphatic heterocycles. The molecule has 2 rings (SSSR count). The average Bonchev–Trinajstić information content (AvgIpc) is 2.97. The van der Waals surface area contributed by atoms with Gasteiger partial charge in [0.1, 0.15) is 11.5 Å². The molecular formula is C13H22N2O. The molecule has 0 spiro atoms. The molecule has 1 heterocycles. The molecule has 0 radical (unpaired) electrons. The van der Waals surface area contributed by atoms with Gasteiger partial charge in [0.15, 0.2) is 0 Å². The Bertz CT molecular complexity index is 328. The summed E-state index contributed by atoms with van der Waals surface area (Å²) >= 11 is 0. The Kier molecular flexibility index (Phi) is 3.66. The van der Waals surface area contributed by atoms with E-state index in [9.17, 15) is 0 Å². The minimum absolute atomic E-state index is 0.554. The maximum absolute atomic E-state index is 5.78. The van der Waals surface area contributed by atoms with Crippen LogP contribution in [-0.2, 0) is 13.1 Å². The highest BCUT2D eigenvalue weighted by molar-refractivity contribution is 5.07. The fourth-order valence-corrected chi connectivity index (χ4v) is 1.56. The van der Waals surface area contributed by atoms with Crippen LogP contribution in [0.5, 0.6) is 0 Å². The summed E-state index contributed by atoms with van der Waals surface area (Å²) in [6.45, 7) is 6.15. The summed E-state index contributed by atoms with van der Waals surface area (Å²) in [4.78, 5) is 2.27. The second-order valence-electron chi connectivity index (χ2n) is 5.03. The van der Waals surface area contributed by atoms with Crippen molar-refractivity contribution in [2.45, 2.75) is 51.9 Å². The summed E-state index contributed by atoms with van der Waals surface area (Å²) in [5.74, 6) is 2.11. The molecule has 1 aliphatic carbocycles. The molecule has 1 aliphatic rings. The van der Waals surface area contributed by atoms with E-state index >= 15 is 0 Å². The third kappa shape index (κ3) is 3.35. The van der Waals surface area contributed by atoms with Gasteiger partial charge in [-0.2, -0.15) is 0 Å². The van der Waals surface area contributed by atoms with Crippen molar-refractivity contribution in [1.29, 1.82) is 0 Å². The monoisotopic (exact) mass is 222 g/mol. The lowest BCUT2D eigenvalue weighted by molar-refractivity contribution is 0.240. The molecule has 1 saturated carbocycles. The first kappa shape index (κ1) is 11.7. The SMILES string of the molecule is CC(C)N(C)Cc1ccc(CNC2CC2)o1. The number of furan rings is 1. The first-order valence-electron chi connectivity index (χ1n) is 6.16. The number of nitrogens with one attached hydrogen (secondary N) is 1. The van der Waals surface area contributed by atoms with Crippen molar-refractivity contribution in [2.75, 3.05) is 7.05 Å². The Balaban J connectivity index is 1.81. The zero-order valence-corrected chi connectivity index (χ0v) is 10.5. The molecule has 1 aromatic heterocycles. The van der Waals surface area contributed by atoms with E-state index < -0.39 is 0 Å². The molecule has 0 unspecified atom stereocenters. The van der Waals surface area contributed by atoms with Crippen molar-refractivity contribution in [3.05, 3.63) is 23.7 Å². The van der Waals surface area contributed by atoms with Crippen molar-refractivity contribution in [1.82, 2.24) is 10.2 Å². The minimum atomic E-state index is 0.554. The third-order valence-electron chi connectivity index (χ3n) is 3.15. The van der Waals surface area contributed by atoms with Crippen molar-refractivity contribution in [3.8, 4) is 0 Å². The Labute approximate surface area is 97.8 Å². The Morgan fingerprint density at radius 2 is 2.06 bits per heavy atom. The van der Waals surface area contributed by atoms with E-state index in [4.69, 9.17) is 4.42 Å². The van der Waals surface area contributed by atoms with Gasteiger partial charge in [0.2, 0.25) is 0 Å². The van der Waals surface area contributed by atoms with Gasteiger partial charge < -0.3 is 9.73 Å². The predicted molar refractivity (Wildman–Crippen MR) is 65.2 cm³/mol. The topological polar surface area (TPSA) is 28.4 Å². The number of hydrogen-bond acceptors (Lipinski definition) is 3. The van der Waals surface area contributed by atoms with Crippen molar-refractivity contribution >= 4 is 0 Å². The number of nitrogens with zero attached hydrogens (tertiary/aromatic N) is 1. The second-order valence-corrected chi connectivity index (χ2v) is 5.03. The second kappa shape index (κ2) is 5.02. The highest BCUT2D eigenvalue weighted by Crippen LogP contribution is 2.20. The first-order valence-corrected chi connectivity index (χ1v) is 6.16. The van der Waals surface area contributed by atoms with Crippen LogP contribution in [-0.4, -0.2) is 24.0 Å². The zero-order valence-electron chi connectivity index (χ0n) is 10.5. The molecule has 1 aromatic rings. The number of hydrogen-bond donors (Lipinski definition) is 1. The quantitative estimate of drug-likeness (QED) is 0.801. The summed E-state index contributed by atoms with van der Waals surface area (Å²) in [6.07, 6.45) is 2.65. The summed E-state index contributed by atoms with van der Waals surface area (Å²) in [5.41, 5.74) is 0. The van der Waals surface area contributed by atoms with Crippen LogP contribution in [0.3, 0.4) is 0 Å². The van der Waals surface area contributed by atoms with E-state index in [1.54, 1.807) is 0 Å². The van der Waals surface area contributed by atoms with Gasteiger partial charge >= 0.3 is 0 Å². The zero-order chi connectivity index (χ0) is 11.5. The lowest BCUT2D eigenvalue weighted by Gasteiger charge is -2.19. The fraction of sp³-hybridized carbons (Fsp3) is 0.692. The van der Waals surface area contributed by atoms with Gasteiger partial charge in [0.25, 0.3) is 0 Å². The van der Waals surface area contributed by atoms with E-state index in [0.717, 1.165) is 30.7 Å². The highest BCUT2D eigenvalue weighted by Gasteiger charge is 2.20. The molecule has 0 atom stereocenters. The van der Waals surface area contributed by atoms with E-state index in [0.29, 0.717) is 6.04 Å². The van der Waals surface area contributed by atoms with Crippen molar-refractivity contribution in [2.24, 2.45) is 0 Å². The standard InChI is InChI=1S/C13H22N2O/c1-10(2)15(3)9-13-7-6-12(16-13)8-14-11-4-5-11/h6-7,10-11,14H,4-5,8-9H2,1-3H3. The molecule has 0 bridgehead atoms. The van der Waals surface area contributed by atoms with Crippen LogP contribution >= 0.6 is 0 Å². The van der Waals surface area contributed by atoms with Crippen LogP contribution in [0.25, 0.3) is 0 Å². The summed E-state index contributed by atoms with van der Waals surface area (Å²) < 4.78 is 5.78. The van der Waals surface area contributed by atoms with Crippen LogP contribution in [0.15, 0.2) is 16.5 Å². The highest BCUT2D eigenvalue weighted by atomic mass is 16.3. The molecule has 0 amide bonds. The van der Waals surface area contributed by atoms with E-state index in [-0.39, 0.29) is 0 Å². The maximum atomic E-state index is 5.78. The molecule has 3 heteroatoms. The predicted octanol–water partition coefficient (Wildman–Crippen LogP) is 2.37. The van der Waals surface area contributed by atoms with Gasteiger partial charge in [0.05, 0.1) is 13.1 Å². The molecule has 90 valence electrons. The molecule has 0 aromatic carbocycles. The van der Waals surface area contributed by atoms with Crippen LogP contribution in [0, 0.1) is 0 Å². The van der Waals surface area contributed by atoms with Gasteiger partial charge in [-0.15, -0.1) is 0 Å². The van der Waals surface area contributed by atoms with Gasteiger partial charge in [-0.3, -0.25) is 4.90 Å². The van der Waals surface area contributed by atoms with Crippen LogP contribution in [0.2, 0.25) is 0 Å². The average molecular weight is 222 g/mol. The summed E-state index contributed by atoms with van der Waals surface area (Å²) in [7, 11) is 2.12. The fourth-order valence-electron chi connectivity index (χ4n) is 1.56. The van der Waals surface area contributed by atoms with Gasteiger partial charge in [-0.25, -0.2) is 0 Å². The lowest BCUT2D eigenvalue weighted by atomic mass is 10.3. The van der Waals surface area contributed by atoms with Crippen LogP contribution in [0.1, 0.15) is 38.2 Å². The van der Waals surface area contributed by atoms with Crippen LogP contribution in [0.4, 0.5) is 0 Å². The van der Waals surface area contributed by atoms with E-state index in [2.05, 4.69) is 43.2 Å². The van der Waals surface area contributed by atoms with Crippen molar-refractivity contribution < 1.29 is 4.42 Å². The largest absolute Gasteiger partial charge is 0.463 e. The molecule has 1 fully saturated rings. The lowest BCUT2D eigenvalue weighted by Crippen LogP contribution is -2.25. The normalized spacial score (nSPS) is 16.3. The molecule has 1 N–H and O–H groups in total. The third-order valence-corrected chi connectivity index (χ3v) is 3.15.